The van der Waals surface area contributed by atoms with Crippen LogP contribution in [0.5, 0.6) is 0 Å². The lowest BCUT2D eigenvalue weighted by Gasteiger charge is -2.36. The molecule has 184 valence electrons. The quantitative estimate of drug-likeness (QED) is 0.398. The zero-order chi connectivity index (χ0) is 23.8. The van der Waals surface area contributed by atoms with Gasteiger partial charge in [0.05, 0.1) is 10.6 Å². The number of amides is 1. The highest BCUT2D eigenvalue weighted by Gasteiger charge is 2.43. The number of anilines is 1. The number of thiophene rings is 1. The molecule has 3 heterocycles. The van der Waals surface area contributed by atoms with E-state index in [1.54, 1.807) is 23.1 Å². The van der Waals surface area contributed by atoms with Gasteiger partial charge in [0.1, 0.15) is 0 Å². The van der Waals surface area contributed by atoms with Gasteiger partial charge < -0.3 is 9.80 Å². The first-order chi connectivity index (χ1) is 17.2. The number of para-hydroxylation sites is 1. The molecule has 35 heavy (non-hydrogen) atoms. The molecule has 4 atom stereocenters. The number of carbonyl (C=O) groups excluding carboxylic acids is 1. The second-order valence-corrected chi connectivity index (χ2v) is 12.1. The van der Waals surface area contributed by atoms with Crippen LogP contribution in [0.1, 0.15) is 38.6 Å². The van der Waals surface area contributed by atoms with Crippen molar-refractivity contribution in [3.8, 4) is 10.7 Å². The van der Waals surface area contributed by atoms with Gasteiger partial charge in [-0.2, -0.15) is 0 Å². The van der Waals surface area contributed by atoms with Crippen LogP contribution in [0.3, 0.4) is 0 Å². The molecule has 2 bridgehead atoms. The fourth-order valence-corrected chi connectivity index (χ4v) is 8.09. The minimum absolute atomic E-state index is 0.197. The zero-order valence-electron chi connectivity index (χ0n) is 20.3. The molecule has 0 spiro atoms. The average molecular weight is 508 g/mol. The Morgan fingerprint density at radius 1 is 1.06 bits per heavy atom. The lowest BCUT2D eigenvalue weighted by Crippen LogP contribution is -2.49. The summed E-state index contributed by atoms with van der Waals surface area (Å²) in [4.78, 5) is 18.6. The highest BCUT2D eigenvalue weighted by Crippen LogP contribution is 2.53. The minimum Gasteiger partial charge on any atom is -0.368 e. The van der Waals surface area contributed by atoms with Crippen molar-refractivity contribution in [1.29, 1.82) is 0 Å². The van der Waals surface area contributed by atoms with Crippen LogP contribution in [-0.2, 0) is 4.79 Å². The molecule has 2 aromatic heterocycles. The SMILES string of the molecule is C[C@H]([C@@H]1C[C@@H]2CC[C@@H]1C2)n1c(SCC(=O)N2CCN(c3ccccc3)CC2)nnc1-c1cccs1. The first-order valence-electron chi connectivity index (χ1n) is 12.9. The van der Waals surface area contributed by atoms with E-state index in [0.717, 1.165) is 53.9 Å². The van der Waals surface area contributed by atoms with Crippen molar-refractivity contribution in [2.75, 3.05) is 36.8 Å². The van der Waals surface area contributed by atoms with Crippen molar-refractivity contribution in [3.05, 3.63) is 47.8 Å². The Balaban J connectivity index is 1.14. The van der Waals surface area contributed by atoms with Crippen molar-refractivity contribution in [3.63, 3.8) is 0 Å². The number of benzene rings is 1. The lowest BCUT2D eigenvalue weighted by molar-refractivity contribution is -0.128. The number of nitrogens with zero attached hydrogens (tertiary/aromatic N) is 5. The Kier molecular flexibility index (Phi) is 6.58. The summed E-state index contributed by atoms with van der Waals surface area (Å²) >= 11 is 3.27. The van der Waals surface area contributed by atoms with Gasteiger partial charge >= 0.3 is 0 Å². The van der Waals surface area contributed by atoms with E-state index in [1.807, 2.05) is 11.0 Å². The number of rotatable bonds is 7. The fraction of sp³-hybridized carbons (Fsp3) is 0.519. The number of aromatic nitrogens is 3. The highest BCUT2D eigenvalue weighted by molar-refractivity contribution is 7.99. The molecular weight excluding hydrogens is 474 g/mol. The van der Waals surface area contributed by atoms with Gasteiger partial charge in [-0.3, -0.25) is 9.36 Å². The van der Waals surface area contributed by atoms with Gasteiger partial charge in [-0.1, -0.05) is 42.4 Å². The molecule has 1 amide bonds. The van der Waals surface area contributed by atoms with E-state index in [4.69, 9.17) is 0 Å². The van der Waals surface area contributed by atoms with Crippen LogP contribution in [0.2, 0.25) is 0 Å². The summed E-state index contributed by atoms with van der Waals surface area (Å²) in [6.07, 6.45) is 5.48. The van der Waals surface area contributed by atoms with Gasteiger partial charge in [0.15, 0.2) is 11.0 Å². The van der Waals surface area contributed by atoms with Crippen molar-refractivity contribution in [1.82, 2.24) is 19.7 Å². The molecular formula is C27H33N5OS2. The number of carbonyl (C=O) groups is 1. The maximum Gasteiger partial charge on any atom is 0.233 e. The Labute approximate surface area is 215 Å². The van der Waals surface area contributed by atoms with Crippen molar-refractivity contribution in [2.45, 2.75) is 43.8 Å². The molecule has 1 aliphatic heterocycles. The Hall–Kier alpha value is -2.32. The molecule has 3 aromatic rings. The molecule has 3 fully saturated rings. The van der Waals surface area contributed by atoms with E-state index >= 15 is 0 Å². The predicted octanol–water partition coefficient (Wildman–Crippen LogP) is 5.44. The molecule has 6 rings (SSSR count). The Morgan fingerprint density at radius 3 is 2.57 bits per heavy atom. The molecule has 2 aliphatic carbocycles. The van der Waals surface area contributed by atoms with Crippen LogP contribution in [0.25, 0.3) is 10.7 Å². The fourth-order valence-electron chi connectivity index (χ4n) is 6.46. The summed E-state index contributed by atoms with van der Waals surface area (Å²) in [5.74, 6) is 3.99. The molecule has 1 aromatic carbocycles. The zero-order valence-corrected chi connectivity index (χ0v) is 21.9. The summed E-state index contributed by atoms with van der Waals surface area (Å²) in [5, 5.41) is 12.2. The smallest absolute Gasteiger partial charge is 0.233 e. The van der Waals surface area contributed by atoms with Gasteiger partial charge in [-0.05, 0) is 67.5 Å². The summed E-state index contributed by atoms with van der Waals surface area (Å²) in [6, 6.07) is 15.0. The highest BCUT2D eigenvalue weighted by atomic mass is 32.2. The topological polar surface area (TPSA) is 54.3 Å². The van der Waals surface area contributed by atoms with Gasteiger partial charge in [0.2, 0.25) is 5.91 Å². The van der Waals surface area contributed by atoms with Crippen LogP contribution < -0.4 is 4.90 Å². The Bertz CT molecular complexity index is 1140. The molecule has 3 aliphatic rings. The average Bonchev–Trinajstić information content (AvgIpc) is 3.72. The molecule has 0 unspecified atom stereocenters. The van der Waals surface area contributed by atoms with Crippen molar-refractivity contribution < 1.29 is 4.79 Å². The van der Waals surface area contributed by atoms with Crippen LogP contribution in [0.15, 0.2) is 53.0 Å². The first kappa shape index (κ1) is 23.1. The van der Waals surface area contributed by atoms with Gasteiger partial charge in [-0.15, -0.1) is 21.5 Å². The first-order valence-corrected chi connectivity index (χ1v) is 14.7. The lowest BCUT2D eigenvalue weighted by atomic mass is 9.84. The van der Waals surface area contributed by atoms with E-state index in [0.29, 0.717) is 17.7 Å². The van der Waals surface area contributed by atoms with Gasteiger partial charge in [0.25, 0.3) is 0 Å². The van der Waals surface area contributed by atoms with Crippen LogP contribution in [0.4, 0.5) is 5.69 Å². The predicted molar refractivity (Wildman–Crippen MR) is 143 cm³/mol. The van der Waals surface area contributed by atoms with Crippen LogP contribution in [-0.4, -0.2) is 57.5 Å². The second-order valence-electron chi connectivity index (χ2n) is 10.2. The van der Waals surface area contributed by atoms with Crippen LogP contribution >= 0.6 is 23.1 Å². The molecule has 1 saturated heterocycles. The minimum atomic E-state index is 0.197. The van der Waals surface area contributed by atoms with Crippen molar-refractivity contribution in [2.24, 2.45) is 17.8 Å². The summed E-state index contributed by atoms with van der Waals surface area (Å²) in [5.41, 5.74) is 1.23. The number of thioether (sulfide) groups is 1. The molecule has 0 N–H and O–H groups in total. The van der Waals surface area contributed by atoms with E-state index in [-0.39, 0.29) is 5.91 Å². The monoisotopic (exact) mass is 507 g/mol. The number of piperazine rings is 1. The Morgan fingerprint density at radius 2 is 1.89 bits per heavy atom. The second kappa shape index (κ2) is 9.97. The number of hydrogen-bond acceptors (Lipinski definition) is 6. The van der Waals surface area contributed by atoms with E-state index in [2.05, 4.69) is 68.4 Å². The number of fused-ring (bicyclic) bond motifs is 2. The molecule has 6 nitrogen and oxygen atoms in total. The molecule has 8 heteroatoms. The third-order valence-corrected chi connectivity index (χ3v) is 10.1. The van der Waals surface area contributed by atoms with Gasteiger partial charge in [-0.25, -0.2) is 0 Å². The number of hydrogen-bond donors (Lipinski definition) is 0. The van der Waals surface area contributed by atoms with Gasteiger partial charge in [0, 0.05) is 37.9 Å². The van der Waals surface area contributed by atoms with E-state index in [9.17, 15) is 4.79 Å². The van der Waals surface area contributed by atoms with E-state index < -0.39 is 0 Å². The standard InChI is InChI=1S/C27H33N5OS2/c1-19(23-17-20-9-10-21(23)16-20)32-26(24-8-5-15-34-24)28-29-27(32)35-18-25(33)31-13-11-30(12-14-31)22-6-3-2-4-7-22/h2-8,15,19-21,23H,9-14,16-18H2,1H3/t19-,20-,21-,23+/m1/s1. The third-order valence-electron chi connectivity index (χ3n) is 8.30. The summed E-state index contributed by atoms with van der Waals surface area (Å²) < 4.78 is 2.35. The van der Waals surface area contributed by atoms with Crippen LogP contribution in [0, 0.1) is 17.8 Å². The third kappa shape index (κ3) is 4.62. The summed E-state index contributed by atoms with van der Waals surface area (Å²) in [6.45, 7) is 5.63. The molecule has 0 radical (unpaired) electrons. The maximum atomic E-state index is 13.1. The largest absolute Gasteiger partial charge is 0.368 e. The maximum absolute atomic E-state index is 13.1. The van der Waals surface area contributed by atoms with E-state index in [1.165, 1.54) is 31.4 Å². The normalized spacial score (nSPS) is 24.8. The summed E-state index contributed by atoms with van der Waals surface area (Å²) in [7, 11) is 0. The molecule has 2 saturated carbocycles. The van der Waals surface area contributed by atoms with Crippen molar-refractivity contribution >= 4 is 34.7 Å².